The van der Waals surface area contributed by atoms with Gasteiger partial charge in [-0.1, -0.05) is 18.2 Å². The zero-order chi connectivity index (χ0) is 13.2. The molecule has 0 spiro atoms. The summed E-state index contributed by atoms with van der Waals surface area (Å²) in [6.45, 7) is 4.22. The molecule has 1 fully saturated rings. The SMILES string of the molecule is CC1C(N)CCN1Cc1cnn(-c2ccccc2)c1. The van der Waals surface area contributed by atoms with E-state index in [9.17, 15) is 0 Å². The standard InChI is InChI=1S/C15H20N4/c1-12-15(16)7-8-18(12)10-13-9-17-19(11-13)14-5-3-2-4-6-14/h2-6,9,11-12,15H,7-8,10,16H2,1H3. The van der Waals surface area contributed by atoms with Crippen molar-refractivity contribution < 1.29 is 0 Å². The van der Waals surface area contributed by atoms with E-state index in [1.54, 1.807) is 0 Å². The molecule has 1 aromatic carbocycles. The molecule has 0 bridgehead atoms. The highest BCUT2D eigenvalue weighted by Gasteiger charge is 2.27. The molecule has 0 radical (unpaired) electrons. The second kappa shape index (κ2) is 5.15. The lowest BCUT2D eigenvalue weighted by molar-refractivity contribution is 0.251. The zero-order valence-electron chi connectivity index (χ0n) is 11.2. The second-order valence-corrected chi connectivity index (χ2v) is 5.29. The Morgan fingerprint density at radius 3 is 2.79 bits per heavy atom. The lowest BCUT2D eigenvalue weighted by atomic mass is 10.1. The van der Waals surface area contributed by atoms with Gasteiger partial charge in [0.1, 0.15) is 0 Å². The first-order valence-corrected chi connectivity index (χ1v) is 6.82. The molecule has 4 heteroatoms. The highest BCUT2D eigenvalue weighted by Crippen LogP contribution is 2.19. The molecule has 1 saturated heterocycles. The summed E-state index contributed by atoms with van der Waals surface area (Å²) in [6.07, 6.45) is 5.14. The molecule has 0 saturated carbocycles. The zero-order valence-corrected chi connectivity index (χ0v) is 11.2. The highest BCUT2D eigenvalue weighted by molar-refractivity contribution is 5.30. The smallest absolute Gasteiger partial charge is 0.0645 e. The number of para-hydroxylation sites is 1. The maximum atomic E-state index is 6.06. The predicted molar refractivity (Wildman–Crippen MR) is 76.0 cm³/mol. The molecule has 2 unspecified atom stereocenters. The first-order chi connectivity index (χ1) is 9.24. The normalized spacial score (nSPS) is 23.9. The first kappa shape index (κ1) is 12.4. The molecular formula is C15H20N4. The maximum Gasteiger partial charge on any atom is 0.0645 e. The minimum absolute atomic E-state index is 0.309. The average Bonchev–Trinajstić information content (AvgIpc) is 3.02. The second-order valence-electron chi connectivity index (χ2n) is 5.29. The largest absolute Gasteiger partial charge is 0.326 e. The van der Waals surface area contributed by atoms with Crippen LogP contribution in [0.4, 0.5) is 0 Å². The van der Waals surface area contributed by atoms with E-state index in [2.05, 4.69) is 35.3 Å². The van der Waals surface area contributed by atoms with Gasteiger partial charge in [0.2, 0.25) is 0 Å². The van der Waals surface area contributed by atoms with Gasteiger partial charge < -0.3 is 5.73 Å². The summed E-state index contributed by atoms with van der Waals surface area (Å²) in [4.78, 5) is 2.43. The fraction of sp³-hybridized carbons (Fsp3) is 0.400. The van der Waals surface area contributed by atoms with Crippen LogP contribution in [0.25, 0.3) is 5.69 Å². The minimum atomic E-state index is 0.309. The van der Waals surface area contributed by atoms with Crippen molar-refractivity contribution in [3.63, 3.8) is 0 Å². The van der Waals surface area contributed by atoms with Gasteiger partial charge >= 0.3 is 0 Å². The van der Waals surface area contributed by atoms with Gasteiger partial charge in [0, 0.05) is 36.9 Å². The van der Waals surface area contributed by atoms with Crippen molar-refractivity contribution in [3.05, 3.63) is 48.3 Å². The van der Waals surface area contributed by atoms with Crippen LogP contribution in [0.15, 0.2) is 42.7 Å². The van der Waals surface area contributed by atoms with Crippen molar-refractivity contribution >= 4 is 0 Å². The van der Waals surface area contributed by atoms with Gasteiger partial charge in [-0.25, -0.2) is 4.68 Å². The van der Waals surface area contributed by atoms with Crippen LogP contribution in [0, 0.1) is 0 Å². The molecule has 2 atom stereocenters. The van der Waals surface area contributed by atoms with Crippen molar-refractivity contribution in [1.82, 2.24) is 14.7 Å². The van der Waals surface area contributed by atoms with Gasteiger partial charge in [-0.15, -0.1) is 0 Å². The Bertz CT molecular complexity index is 534. The molecule has 2 heterocycles. The summed E-state index contributed by atoms with van der Waals surface area (Å²) in [5.74, 6) is 0. The summed E-state index contributed by atoms with van der Waals surface area (Å²) in [7, 11) is 0. The lowest BCUT2D eigenvalue weighted by Crippen LogP contribution is -2.36. The van der Waals surface area contributed by atoms with Gasteiger partial charge in [-0.3, -0.25) is 4.90 Å². The first-order valence-electron chi connectivity index (χ1n) is 6.82. The molecule has 1 aliphatic rings. The van der Waals surface area contributed by atoms with E-state index >= 15 is 0 Å². The predicted octanol–water partition coefficient (Wildman–Crippen LogP) is 1.79. The van der Waals surface area contributed by atoms with Crippen LogP contribution in [0.1, 0.15) is 18.9 Å². The van der Waals surface area contributed by atoms with Crippen molar-refractivity contribution in [2.24, 2.45) is 5.73 Å². The number of likely N-dealkylation sites (tertiary alicyclic amines) is 1. The van der Waals surface area contributed by atoms with Crippen LogP contribution >= 0.6 is 0 Å². The Labute approximate surface area is 113 Å². The third kappa shape index (κ3) is 2.55. The van der Waals surface area contributed by atoms with Crippen LogP contribution < -0.4 is 5.73 Å². The van der Waals surface area contributed by atoms with Gasteiger partial charge in [0.15, 0.2) is 0 Å². The topological polar surface area (TPSA) is 47.1 Å². The third-order valence-corrected chi connectivity index (χ3v) is 3.99. The van der Waals surface area contributed by atoms with E-state index in [-0.39, 0.29) is 0 Å². The highest BCUT2D eigenvalue weighted by atomic mass is 15.3. The molecule has 0 aliphatic carbocycles. The van der Waals surface area contributed by atoms with E-state index in [1.165, 1.54) is 5.56 Å². The molecule has 4 nitrogen and oxygen atoms in total. The maximum absolute atomic E-state index is 6.06. The molecule has 1 aliphatic heterocycles. The molecule has 1 aromatic heterocycles. The number of benzene rings is 1. The van der Waals surface area contributed by atoms with E-state index < -0.39 is 0 Å². The van der Waals surface area contributed by atoms with E-state index in [4.69, 9.17) is 5.73 Å². The van der Waals surface area contributed by atoms with Crippen LogP contribution in [0.3, 0.4) is 0 Å². The Morgan fingerprint density at radius 2 is 2.11 bits per heavy atom. The van der Waals surface area contributed by atoms with Crippen molar-refractivity contribution in [1.29, 1.82) is 0 Å². The monoisotopic (exact) mass is 256 g/mol. The molecule has 19 heavy (non-hydrogen) atoms. The summed E-state index contributed by atoms with van der Waals surface area (Å²) in [5.41, 5.74) is 8.39. The fourth-order valence-electron chi connectivity index (χ4n) is 2.65. The number of hydrogen-bond acceptors (Lipinski definition) is 3. The summed E-state index contributed by atoms with van der Waals surface area (Å²) < 4.78 is 1.93. The average molecular weight is 256 g/mol. The number of nitrogens with zero attached hydrogens (tertiary/aromatic N) is 3. The number of nitrogens with two attached hydrogens (primary N) is 1. The molecule has 2 aromatic rings. The van der Waals surface area contributed by atoms with Crippen LogP contribution in [-0.4, -0.2) is 33.3 Å². The van der Waals surface area contributed by atoms with Crippen LogP contribution in [0.5, 0.6) is 0 Å². The summed E-state index contributed by atoms with van der Waals surface area (Å²) in [6, 6.07) is 11.0. The fourth-order valence-corrected chi connectivity index (χ4v) is 2.65. The van der Waals surface area contributed by atoms with Crippen molar-refractivity contribution in [3.8, 4) is 5.69 Å². The third-order valence-electron chi connectivity index (χ3n) is 3.99. The van der Waals surface area contributed by atoms with Crippen LogP contribution in [0.2, 0.25) is 0 Å². The minimum Gasteiger partial charge on any atom is -0.326 e. The molecule has 3 rings (SSSR count). The Morgan fingerprint density at radius 1 is 1.32 bits per heavy atom. The Hall–Kier alpha value is -1.65. The van der Waals surface area contributed by atoms with Crippen molar-refractivity contribution in [2.75, 3.05) is 6.54 Å². The molecule has 0 amide bonds. The van der Waals surface area contributed by atoms with Gasteiger partial charge in [0.25, 0.3) is 0 Å². The molecule has 100 valence electrons. The van der Waals surface area contributed by atoms with Crippen molar-refractivity contribution in [2.45, 2.75) is 32.0 Å². The Kier molecular flexibility index (Phi) is 3.36. The van der Waals surface area contributed by atoms with Gasteiger partial charge in [-0.2, -0.15) is 5.10 Å². The van der Waals surface area contributed by atoms with E-state index in [1.807, 2.05) is 29.1 Å². The summed E-state index contributed by atoms with van der Waals surface area (Å²) in [5, 5.41) is 4.43. The number of hydrogen-bond donors (Lipinski definition) is 1. The Balaban J connectivity index is 1.72. The molecular weight excluding hydrogens is 236 g/mol. The van der Waals surface area contributed by atoms with Crippen LogP contribution in [-0.2, 0) is 6.54 Å². The van der Waals surface area contributed by atoms with E-state index in [0.717, 1.165) is 25.2 Å². The lowest BCUT2D eigenvalue weighted by Gasteiger charge is -2.21. The van der Waals surface area contributed by atoms with Gasteiger partial charge in [0.05, 0.1) is 11.9 Å². The molecule has 2 N–H and O–H groups in total. The number of rotatable bonds is 3. The van der Waals surface area contributed by atoms with Gasteiger partial charge in [-0.05, 0) is 25.5 Å². The number of aromatic nitrogens is 2. The van der Waals surface area contributed by atoms with E-state index in [0.29, 0.717) is 12.1 Å². The summed E-state index contributed by atoms with van der Waals surface area (Å²) >= 11 is 0. The quantitative estimate of drug-likeness (QED) is 0.911.